The summed E-state index contributed by atoms with van der Waals surface area (Å²) in [5, 5.41) is 20.2. The summed E-state index contributed by atoms with van der Waals surface area (Å²) in [5.74, 6) is -0.518. The Balaban J connectivity index is 3.13. The highest BCUT2D eigenvalue weighted by molar-refractivity contribution is 9.10. The van der Waals surface area contributed by atoms with E-state index >= 15 is 0 Å². The molecule has 0 amide bonds. The van der Waals surface area contributed by atoms with Crippen LogP contribution < -0.4 is 0 Å². The summed E-state index contributed by atoms with van der Waals surface area (Å²) in [6.07, 6.45) is -0.465. The molecule has 4 heteroatoms. The predicted molar refractivity (Wildman–Crippen MR) is 64.6 cm³/mol. The number of rotatable bonds is 4. The van der Waals surface area contributed by atoms with Gasteiger partial charge < -0.3 is 10.2 Å². The van der Waals surface area contributed by atoms with Gasteiger partial charge in [0.25, 0.3) is 0 Å². The molecule has 1 rings (SSSR count). The summed E-state index contributed by atoms with van der Waals surface area (Å²) in [5.41, 5.74) is -1.15. The molecule has 0 aliphatic carbocycles. The Bertz CT molecular complexity index is 364. The van der Waals surface area contributed by atoms with Crippen LogP contribution in [-0.2, 0) is 0 Å². The number of benzene rings is 1. The van der Waals surface area contributed by atoms with E-state index in [2.05, 4.69) is 15.9 Å². The first-order valence-electron chi connectivity index (χ1n) is 5.30. The normalized spacial score (nSPS) is 13.9. The van der Waals surface area contributed by atoms with Crippen LogP contribution in [0.4, 0.5) is 4.39 Å². The molecule has 0 aromatic heterocycles. The van der Waals surface area contributed by atoms with Gasteiger partial charge in [-0.25, -0.2) is 4.39 Å². The fourth-order valence-corrected chi connectivity index (χ4v) is 2.04. The first-order chi connectivity index (χ1) is 7.46. The standard InChI is InChI=1S/C12H16BrFO2/c1-3-12(16,4-2)11(15)8-6-5-7-9(13)10(8)14/h5-7,11,15-16H,3-4H2,1-2H3. The zero-order chi connectivity index (χ0) is 12.3. The Morgan fingerprint density at radius 2 is 1.94 bits per heavy atom. The van der Waals surface area contributed by atoms with Crippen LogP contribution in [-0.4, -0.2) is 15.8 Å². The zero-order valence-electron chi connectivity index (χ0n) is 9.37. The minimum atomic E-state index is -1.28. The third-order valence-electron chi connectivity index (χ3n) is 3.01. The second-order valence-electron chi connectivity index (χ2n) is 3.86. The topological polar surface area (TPSA) is 40.5 Å². The van der Waals surface area contributed by atoms with Crippen molar-refractivity contribution < 1.29 is 14.6 Å². The second kappa shape index (κ2) is 5.25. The first kappa shape index (κ1) is 13.6. The quantitative estimate of drug-likeness (QED) is 0.894. The second-order valence-corrected chi connectivity index (χ2v) is 4.71. The summed E-state index contributed by atoms with van der Waals surface area (Å²) < 4.78 is 14.0. The molecule has 2 N–H and O–H groups in total. The van der Waals surface area contributed by atoms with Crippen molar-refractivity contribution >= 4 is 15.9 Å². The molecule has 0 bridgehead atoms. The van der Waals surface area contributed by atoms with Crippen molar-refractivity contribution in [3.05, 3.63) is 34.1 Å². The molecule has 2 nitrogen and oxygen atoms in total. The van der Waals surface area contributed by atoms with Crippen LogP contribution in [0.25, 0.3) is 0 Å². The Kier molecular flexibility index (Phi) is 4.47. The third-order valence-corrected chi connectivity index (χ3v) is 3.62. The lowest BCUT2D eigenvalue weighted by Gasteiger charge is -2.31. The summed E-state index contributed by atoms with van der Waals surface area (Å²) in [6, 6.07) is 4.68. The summed E-state index contributed by atoms with van der Waals surface area (Å²) in [4.78, 5) is 0. The lowest BCUT2D eigenvalue weighted by molar-refractivity contribution is -0.0834. The zero-order valence-corrected chi connectivity index (χ0v) is 11.0. The lowest BCUT2D eigenvalue weighted by atomic mass is 9.86. The van der Waals surface area contributed by atoms with E-state index in [9.17, 15) is 14.6 Å². The SMILES string of the molecule is CCC(O)(CC)C(O)c1cccc(Br)c1F. The Morgan fingerprint density at radius 3 is 2.44 bits per heavy atom. The van der Waals surface area contributed by atoms with E-state index in [1.165, 1.54) is 6.07 Å². The minimum absolute atomic E-state index is 0.126. The maximum atomic E-state index is 13.7. The number of aliphatic hydroxyl groups excluding tert-OH is 1. The van der Waals surface area contributed by atoms with Gasteiger partial charge in [0.05, 0.1) is 10.1 Å². The molecular weight excluding hydrogens is 275 g/mol. The maximum Gasteiger partial charge on any atom is 0.143 e. The molecule has 1 aromatic carbocycles. The van der Waals surface area contributed by atoms with E-state index in [4.69, 9.17) is 0 Å². The van der Waals surface area contributed by atoms with E-state index in [0.29, 0.717) is 17.3 Å². The average molecular weight is 291 g/mol. The highest BCUT2D eigenvalue weighted by atomic mass is 79.9. The van der Waals surface area contributed by atoms with Crippen molar-refractivity contribution in [1.82, 2.24) is 0 Å². The maximum absolute atomic E-state index is 13.7. The van der Waals surface area contributed by atoms with Gasteiger partial charge in [0.2, 0.25) is 0 Å². The molecule has 0 saturated carbocycles. The van der Waals surface area contributed by atoms with Crippen molar-refractivity contribution in [1.29, 1.82) is 0 Å². The Hall–Kier alpha value is -0.450. The largest absolute Gasteiger partial charge is 0.387 e. The van der Waals surface area contributed by atoms with E-state index in [0.717, 1.165) is 0 Å². The molecule has 0 aliphatic heterocycles. The van der Waals surface area contributed by atoms with Gasteiger partial charge in [-0.15, -0.1) is 0 Å². The molecule has 1 unspecified atom stereocenters. The van der Waals surface area contributed by atoms with Gasteiger partial charge >= 0.3 is 0 Å². The van der Waals surface area contributed by atoms with Crippen molar-refractivity contribution in [2.24, 2.45) is 0 Å². The van der Waals surface area contributed by atoms with Crippen LogP contribution in [0.1, 0.15) is 38.4 Å². The van der Waals surface area contributed by atoms with Crippen molar-refractivity contribution in [2.75, 3.05) is 0 Å². The van der Waals surface area contributed by atoms with Gasteiger partial charge in [0.1, 0.15) is 11.9 Å². The molecule has 1 aromatic rings. The van der Waals surface area contributed by atoms with Gasteiger partial charge in [-0.2, -0.15) is 0 Å². The lowest BCUT2D eigenvalue weighted by Crippen LogP contribution is -2.35. The van der Waals surface area contributed by atoms with E-state index in [-0.39, 0.29) is 5.56 Å². The fourth-order valence-electron chi connectivity index (χ4n) is 1.66. The van der Waals surface area contributed by atoms with Gasteiger partial charge in [-0.05, 0) is 34.8 Å². The molecule has 1 atom stereocenters. The van der Waals surface area contributed by atoms with Crippen molar-refractivity contribution in [3.8, 4) is 0 Å². The highest BCUT2D eigenvalue weighted by Gasteiger charge is 2.34. The van der Waals surface area contributed by atoms with Gasteiger partial charge in [0.15, 0.2) is 0 Å². The minimum Gasteiger partial charge on any atom is -0.387 e. The number of hydrogen-bond donors (Lipinski definition) is 2. The molecule has 0 saturated heterocycles. The summed E-state index contributed by atoms with van der Waals surface area (Å²) in [7, 11) is 0. The summed E-state index contributed by atoms with van der Waals surface area (Å²) in [6.45, 7) is 3.53. The smallest absolute Gasteiger partial charge is 0.143 e. The van der Waals surface area contributed by atoms with Crippen LogP contribution in [0.3, 0.4) is 0 Å². The van der Waals surface area contributed by atoms with Crippen LogP contribution in [0.15, 0.2) is 22.7 Å². The molecular formula is C12H16BrFO2. The number of halogens is 2. The number of aliphatic hydroxyl groups is 2. The van der Waals surface area contributed by atoms with Crippen LogP contribution >= 0.6 is 15.9 Å². The highest BCUT2D eigenvalue weighted by Crippen LogP contribution is 2.34. The van der Waals surface area contributed by atoms with Crippen molar-refractivity contribution in [3.63, 3.8) is 0 Å². The Morgan fingerprint density at radius 1 is 1.38 bits per heavy atom. The van der Waals surface area contributed by atoms with E-state index < -0.39 is 17.5 Å². The molecule has 0 fully saturated rings. The van der Waals surface area contributed by atoms with Crippen LogP contribution in [0.2, 0.25) is 0 Å². The van der Waals surface area contributed by atoms with E-state index in [1.54, 1.807) is 26.0 Å². The Labute approximate surface area is 103 Å². The molecule has 0 radical (unpaired) electrons. The number of hydrogen-bond acceptors (Lipinski definition) is 2. The van der Waals surface area contributed by atoms with Gasteiger partial charge in [0, 0.05) is 5.56 Å². The molecule has 0 aliphatic rings. The van der Waals surface area contributed by atoms with E-state index in [1.807, 2.05) is 0 Å². The van der Waals surface area contributed by atoms with Gasteiger partial charge in [-0.3, -0.25) is 0 Å². The fraction of sp³-hybridized carbons (Fsp3) is 0.500. The molecule has 90 valence electrons. The molecule has 0 heterocycles. The summed E-state index contributed by atoms with van der Waals surface area (Å²) >= 11 is 3.06. The third kappa shape index (κ3) is 2.44. The van der Waals surface area contributed by atoms with Crippen LogP contribution in [0, 0.1) is 5.82 Å². The predicted octanol–water partition coefficient (Wildman–Crippen LogP) is 3.17. The molecule has 0 spiro atoms. The first-order valence-corrected chi connectivity index (χ1v) is 6.10. The van der Waals surface area contributed by atoms with Crippen LogP contribution in [0.5, 0.6) is 0 Å². The molecule has 16 heavy (non-hydrogen) atoms. The van der Waals surface area contributed by atoms with Crippen molar-refractivity contribution in [2.45, 2.75) is 38.4 Å². The average Bonchev–Trinajstić information content (AvgIpc) is 2.31. The monoisotopic (exact) mass is 290 g/mol. The van der Waals surface area contributed by atoms with Gasteiger partial charge in [-0.1, -0.05) is 26.0 Å².